The van der Waals surface area contributed by atoms with Gasteiger partial charge < -0.3 is 9.84 Å². The van der Waals surface area contributed by atoms with Crippen molar-refractivity contribution in [1.29, 1.82) is 0 Å². The number of ketones is 1. The van der Waals surface area contributed by atoms with Crippen LogP contribution in [0.1, 0.15) is 28.5 Å². The van der Waals surface area contributed by atoms with Crippen molar-refractivity contribution in [1.82, 2.24) is 5.16 Å². The van der Waals surface area contributed by atoms with Crippen LogP contribution in [0.4, 0.5) is 11.6 Å². The lowest BCUT2D eigenvalue weighted by Gasteiger charge is -2.09. The first-order chi connectivity index (χ1) is 13.8. The molecule has 7 nitrogen and oxygen atoms in total. The lowest BCUT2D eigenvalue weighted by molar-refractivity contribution is 0.104. The van der Waals surface area contributed by atoms with E-state index < -0.39 is 10.0 Å². The topological polar surface area (TPSA) is 101 Å². The first-order valence-corrected chi connectivity index (χ1v) is 10.3. The molecule has 2 aromatic carbocycles. The van der Waals surface area contributed by atoms with E-state index in [-0.39, 0.29) is 16.6 Å². The summed E-state index contributed by atoms with van der Waals surface area (Å²) in [6.07, 6.45) is 1.50. The Labute approximate surface area is 169 Å². The van der Waals surface area contributed by atoms with E-state index in [2.05, 4.69) is 15.2 Å². The van der Waals surface area contributed by atoms with Crippen molar-refractivity contribution in [2.24, 2.45) is 0 Å². The highest BCUT2D eigenvalue weighted by Gasteiger charge is 2.19. The Morgan fingerprint density at radius 2 is 1.69 bits per heavy atom. The molecule has 150 valence electrons. The van der Waals surface area contributed by atoms with Gasteiger partial charge in [0.1, 0.15) is 0 Å². The zero-order valence-electron chi connectivity index (χ0n) is 16.3. The van der Waals surface area contributed by atoms with Crippen LogP contribution in [0.5, 0.6) is 0 Å². The van der Waals surface area contributed by atoms with Gasteiger partial charge in [-0.05, 0) is 45.0 Å². The number of aryl methyl sites for hydroxylation is 1. The lowest BCUT2D eigenvalue weighted by Crippen LogP contribution is -2.13. The van der Waals surface area contributed by atoms with Crippen molar-refractivity contribution in [3.8, 4) is 0 Å². The number of carbonyl (C=O) groups excluding carboxylic acids is 1. The Morgan fingerprint density at radius 1 is 1.03 bits per heavy atom. The average Bonchev–Trinajstić information content (AvgIpc) is 3.00. The molecule has 0 aliphatic heterocycles. The summed E-state index contributed by atoms with van der Waals surface area (Å²) in [6.45, 7) is 5.22. The van der Waals surface area contributed by atoms with Crippen molar-refractivity contribution in [3.05, 3.63) is 83.2 Å². The van der Waals surface area contributed by atoms with Crippen molar-refractivity contribution in [2.45, 2.75) is 25.7 Å². The molecule has 29 heavy (non-hydrogen) atoms. The number of hydrogen-bond donors (Lipinski definition) is 2. The summed E-state index contributed by atoms with van der Waals surface area (Å²) in [5.41, 5.74) is 3.15. The number of nitrogens with zero attached hydrogens (tertiary/aromatic N) is 1. The highest BCUT2D eigenvalue weighted by molar-refractivity contribution is 7.92. The predicted octanol–water partition coefficient (Wildman–Crippen LogP) is 4.29. The van der Waals surface area contributed by atoms with Crippen LogP contribution in [-0.2, 0) is 10.0 Å². The maximum atomic E-state index is 12.5. The van der Waals surface area contributed by atoms with Gasteiger partial charge in [-0.2, -0.15) is 0 Å². The number of allylic oxidation sites excluding steroid dienone is 2. The van der Waals surface area contributed by atoms with Gasteiger partial charge in [0.15, 0.2) is 5.78 Å². The van der Waals surface area contributed by atoms with Gasteiger partial charge in [-0.3, -0.25) is 4.79 Å². The number of hydrogen-bond acceptors (Lipinski definition) is 6. The molecule has 3 aromatic rings. The molecule has 0 fully saturated rings. The van der Waals surface area contributed by atoms with Crippen molar-refractivity contribution >= 4 is 27.4 Å². The van der Waals surface area contributed by atoms with Crippen molar-refractivity contribution in [3.63, 3.8) is 0 Å². The minimum atomic E-state index is -3.80. The fraction of sp³-hybridized carbons (Fsp3) is 0.143. The van der Waals surface area contributed by atoms with Crippen molar-refractivity contribution < 1.29 is 17.7 Å². The van der Waals surface area contributed by atoms with Crippen LogP contribution in [0, 0.1) is 13.8 Å². The van der Waals surface area contributed by atoms with Gasteiger partial charge in [0.05, 0.1) is 10.6 Å². The predicted molar refractivity (Wildman–Crippen MR) is 111 cm³/mol. The van der Waals surface area contributed by atoms with Crippen LogP contribution in [-0.4, -0.2) is 19.4 Å². The zero-order chi connectivity index (χ0) is 21.0. The van der Waals surface area contributed by atoms with E-state index in [0.29, 0.717) is 28.2 Å². The summed E-state index contributed by atoms with van der Waals surface area (Å²) in [7, 11) is -3.80. The molecule has 0 aliphatic carbocycles. The fourth-order valence-corrected chi connectivity index (χ4v) is 3.60. The fourth-order valence-electron chi connectivity index (χ4n) is 2.56. The molecule has 0 saturated heterocycles. The molecule has 1 heterocycles. The third-order valence-corrected chi connectivity index (χ3v) is 5.64. The van der Waals surface area contributed by atoms with Crippen molar-refractivity contribution in [2.75, 3.05) is 10.0 Å². The molecular weight excluding hydrogens is 390 g/mol. The Kier molecular flexibility index (Phi) is 5.84. The Morgan fingerprint density at radius 3 is 2.28 bits per heavy atom. The Bertz CT molecular complexity index is 1150. The second-order valence-corrected chi connectivity index (χ2v) is 8.22. The van der Waals surface area contributed by atoms with Gasteiger partial charge in [-0.15, -0.1) is 0 Å². The molecule has 1 aromatic heterocycles. The van der Waals surface area contributed by atoms with E-state index in [1.165, 1.54) is 18.2 Å². The molecule has 0 bridgehead atoms. The second kappa shape index (κ2) is 8.32. The average molecular weight is 411 g/mol. The third-order valence-electron chi connectivity index (χ3n) is 4.30. The number of rotatable bonds is 7. The van der Waals surface area contributed by atoms with Gasteiger partial charge >= 0.3 is 0 Å². The van der Waals surface area contributed by atoms with Gasteiger partial charge in [-0.25, -0.2) is 13.1 Å². The van der Waals surface area contributed by atoms with E-state index in [0.717, 1.165) is 0 Å². The van der Waals surface area contributed by atoms with Crippen LogP contribution in [0.3, 0.4) is 0 Å². The van der Waals surface area contributed by atoms with Crippen LogP contribution >= 0.6 is 0 Å². The largest absolute Gasteiger partial charge is 0.359 e. The molecule has 0 unspecified atom stereocenters. The molecule has 2 N–H and O–H groups in total. The van der Waals surface area contributed by atoms with E-state index in [4.69, 9.17) is 4.52 Å². The van der Waals surface area contributed by atoms with E-state index in [9.17, 15) is 13.2 Å². The normalized spacial score (nSPS) is 11.9. The maximum Gasteiger partial charge on any atom is 0.264 e. The van der Waals surface area contributed by atoms with Gasteiger partial charge in [-0.1, -0.05) is 35.5 Å². The molecule has 3 rings (SSSR count). The number of anilines is 2. The van der Waals surface area contributed by atoms with E-state index in [1.54, 1.807) is 57.2 Å². The molecule has 0 aliphatic rings. The molecule has 0 saturated carbocycles. The minimum Gasteiger partial charge on any atom is -0.359 e. The first kappa shape index (κ1) is 20.3. The molecule has 0 radical (unpaired) electrons. The minimum absolute atomic E-state index is 0.0819. The number of carbonyl (C=O) groups is 1. The molecule has 0 amide bonds. The monoisotopic (exact) mass is 411 g/mol. The molecule has 8 heteroatoms. The number of aromatic nitrogens is 1. The maximum absolute atomic E-state index is 12.5. The highest BCUT2D eigenvalue weighted by atomic mass is 32.2. The third kappa shape index (κ3) is 4.91. The van der Waals surface area contributed by atoms with Gasteiger partial charge in [0.2, 0.25) is 5.88 Å². The summed E-state index contributed by atoms with van der Waals surface area (Å²) in [5, 5.41) is 6.82. The van der Waals surface area contributed by atoms with Crippen LogP contribution in [0.15, 0.2) is 75.8 Å². The SMILES string of the molecule is C/C(=C/C(=O)c1ccccc1)Nc1ccc(S(=O)(=O)Nc2onc(C)c2C)cc1. The van der Waals surface area contributed by atoms with Gasteiger partial charge in [0, 0.05) is 28.6 Å². The zero-order valence-corrected chi connectivity index (χ0v) is 17.1. The summed E-state index contributed by atoms with van der Waals surface area (Å²) in [5.74, 6) is -0.0142. The number of sulfonamides is 1. The summed E-state index contributed by atoms with van der Waals surface area (Å²) in [6, 6.07) is 15.1. The Hall–Kier alpha value is -3.39. The van der Waals surface area contributed by atoms with Gasteiger partial charge in [0.25, 0.3) is 10.0 Å². The van der Waals surface area contributed by atoms with E-state index in [1.807, 2.05) is 6.07 Å². The number of benzene rings is 2. The number of nitrogens with one attached hydrogen (secondary N) is 2. The van der Waals surface area contributed by atoms with E-state index >= 15 is 0 Å². The summed E-state index contributed by atoms with van der Waals surface area (Å²) >= 11 is 0. The molecular formula is C21H21N3O4S. The van der Waals surface area contributed by atoms with Crippen LogP contribution in [0.2, 0.25) is 0 Å². The quantitative estimate of drug-likeness (QED) is 0.444. The van der Waals surface area contributed by atoms with Crippen LogP contribution in [0.25, 0.3) is 0 Å². The molecule has 0 atom stereocenters. The first-order valence-electron chi connectivity index (χ1n) is 8.87. The summed E-state index contributed by atoms with van der Waals surface area (Å²) < 4.78 is 32.5. The molecule has 0 spiro atoms. The Balaban J connectivity index is 1.70. The standard InChI is InChI=1S/C21H21N3O4S/c1-14(13-20(25)17-7-5-4-6-8-17)22-18-9-11-19(12-10-18)29(26,27)24-21-15(2)16(3)23-28-21/h4-13,22,24H,1-3H3/b14-13-. The highest BCUT2D eigenvalue weighted by Crippen LogP contribution is 2.23. The smallest absolute Gasteiger partial charge is 0.264 e. The summed E-state index contributed by atoms with van der Waals surface area (Å²) in [4.78, 5) is 12.3. The second-order valence-electron chi connectivity index (χ2n) is 6.53. The lowest BCUT2D eigenvalue weighted by atomic mass is 10.1. The van der Waals surface area contributed by atoms with Crippen LogP contribution < -0.4 is 10.0 Å².